The minimum Gasteiger partial charge on any atom is -0.340 e. The summed E-state index contributed by atoms with van der Waals surface area (Å²) in [4.78, 5) is 24.0. The van der Waals surface area contributed by atoms with Crippen LogP contribution in [0, 0.1) is 5.82 Å². The van der Waals surface area contributed by atoms with E-state index in [1.54, 1.807) is 24.3 Å². The van der Waals surface area contributed by atoms with Crippen LogP contribution in [0.1, 0.15) is 11.6 Å². The quantitative estimate of drug-likeness (QED) is 0.812. The van der Waals surface area contributed by atoms with Gasteiger partial charge in [0.05, 0.1) is 6.04 Å². The molecular weight excluding hydrogens is 331 g/mol. The molecule has 0 aliphatic carbocycles. The molecule has 5 nitrogen and oxygen atoms in total. The molecule has 24 heavy (non-hydrogen) atoms. The first-order chi connectivity index (χ1) is 11.5. The Bertz CT molecular complexity index is 753. The third kappa shape index (κ3) is 5.27. The summed E-state index contributed by atoms with van der Waals surface area (Å²) in [7, 11) is -1.16. The zero-order valence-electron chi connectivity index (χ0n) is 13.0. The molecule has 0 aromatic heterocycles. The number of carbonyl (C=O) groups excluding carboxylic acids is 2. The highest BCUT2D eigenvalue weighted by atomic mass is 32.2. The Morgan fingerprint density at radius 3 is 2.42 bits per heavy atom. The van der Waals surface area contributed by atoms with Crippen LogP contribution in [-0.2, 0) is 20.4 Å². The van der Waals surface area contributed by atoms with Crippen molar-refractivity contribution in [2.24, 2.45) is 0 Å². The molecule has 2 atom stereocenters. The molecule has 2 amide bonds. The first kappa shape index (κ1) is 17.8. The topological polar surface area (TPSA) is 75.3 Å². The standard InChI is InChI=1S/C17H17FN2O3S/c1-24(23)11-15(12-6-3-2-4-7-12)20-17(22)16(21)19-14-9-5-8-13(18)10-14/h2-10,15H,11H2,1H3,(H,19,21)(H,20,22)/t15-,24-/m0/s1. The summed E-state index contributed by atoms with van der Waals surface area (Å²) in [5.41, 5.74) is 0.935. The van der Waals surface area contributed by atoms with Crippen molar-refractivity contribution in [3.8, 4) is 0 Å². The monoisotopic (exact) mass is 348 g/mol. The maximum atomic E-state index is 13.1. The first-order valence-corrected chi connectivity index (χ1v) is 8.91. The number of benzene rings is 2. The summed E-state index contributed by atoms with van der Waals surface area (Å²) >= 11 is 0. The van der Waals surface area contributed by atoms with E-state index in [1.165, 1.54) is 24.5 Å². The van der Waals surface area contributed by atoms with Crippen LogP contribution in [0.15, 0.2) is 54.6 Å². The molecule has 0 aliphatic heterocycles. The molecular formula is C17H17FN2O3S. The van der Waals surface area contributed by atoms with Crippen LogP contribution in [-0.4, -0.2) is 28.0 Å². The third-order valence-electron chi connectivity index (χ3n) is 3.20. The van der Waals surface area contributed by atoms with Gasteiger partial charge in [-0.1, -0.05) is 36.4 Å². The van der Waals surface area contributed by atoms with Gasteiger partial charge in [0.1, 0.15) is 5.82 Å². The Hall–Kier alpha value is -2.54. The zero-order valence-corrected chi connectivity index (χ0v) is 13.8. The lowest BCUT2D eigenvalue weighted by Gasteiger charge is -2.18. The maximum absolute atomic E-state index is 13.1. The normalized spacial score (nSPS) is 12.9. The van der Waals surface area contributed by atoms with Crippen molar-refractivity contribution >= 4 is 28.3 Å². The Balaban J connectivity index is 2.06. The average Bonchev–Trinajstić information content (AvgIpc) is 2.54. The molecule has 0 aliphatic rings. The van der Waals surface area contributed by atoms with Crippen LogP contribution in [0.5, 0.6) is 0 Å². The highest BCUT2D eigenvalue weighted by Crippen LogP contribution is 2.14. The van der Waals surface area contributed by atoms with Gasteiger partial charge in [-0.25, -0.2) is 4.39 Å². The van der Waals surface area contributed by atoms with Gasteiger partial charge in [-0.15, -0.1) is 0 Å². The van der Waals surface area contributed by atoms with Gasteiger partial charge in [-0.3, -0.25) is 13.8 Å². The van der Waals surface area contributed by atoms with E-state index in [-0.39, 0.29) is 11.4 Å². The first-order valence-electron chi connectivity index (χ1n) is 7.18. The summed E-state index contributed by atoms with van der Waals surface area (Å²) in [5.74, 6) is -2.12. The highest BCUT2D eigenvalue weighted by Gasteiger charge is 2.21. The largest absolute Gasteiger partial charge is 0.340 e. The number of anilines is 1. The van der Waals surface area contributed by atoms with Crippen LogP contribution < -0.4 is 10.6 Å². The lowest BCUT2D eigenvalue weighted by molar-refractivity contribution is -0.136. The van der Waals surface area contributed by atoms with E-state index < -0.39 is 34.5 Å². The summed E-state index contributed by atoms with van der Waals surface area (Å²) in [5, 5.41) is 4.89. The number of hydrogen-bond donors (Lipinski definition) is 2. The number of nitrogens with one attached hydrogen (secondary N) is 2. The SMILES string of the molecule is C[S@](=O)C[C@H](NC(=O)C(=O)Nc1cccc(F)c1)c1ccccc1. The van der Waals surface area contributed by atoms with Gasteiger partial charge in [0, 0.05) is 28.5 Å². The van der Waals surface area contributed by atoms with E-state index in [0.717, 1.165) is 11.6 Å². The highest BCUT2D eigenvalue weighted by molar-refractivity contribution is 7.84. The van der Waals surface area contributed by atoms with Crippen molar-refractivity contribution in [3.63, 3.8) is 0 Å². The third-order valence-corrected chi connectivity index (χ3v) is 4.00. The van der Waals surface area contributed by atoms with Gasteiger partial charge in [0.2, 0.25) is 0 Å². The summed E-state index contributed by atoms with van der Waals surface area (Å²) in [6.45, 7) is 0. The minimum atomic E-state index is -1.16. The Morgan fingerprint density at radius 1 is 1.08 bits per heavy atom. The maximum Gasteiger partial charge on any atom is 0.313 e. The molecule has 7 heteroatoms. The van der Waals surface area contributed by atoms with Crippen LogP contribution >= 0.6 is 0 Å². The van der Waals surface area contributed by atoms with E-state index in [9.17, 15) is 18.2 Å². The van der Waals surface area contributed by atoms with Crippen LogP contribution in [0.2, 0.25) is 0 Å². The lowest BCUT2D eigenvalue weighted by atomic mass is 10.1. The molecule has 0 saturated heterocycles. The average molecular weight is 348 g/mol. The molecule has 0 heterocycles. The second-order valence-corrected chi connectivity index (χ2v) is 6.62. The second-order valence-electron chi connectivity index (χ2n) is 5.14. The minimum absolute atomic E-state index is 0.184. The Morgan fingerprint density at radius 2 is 1.79 bits per heavy atom. The second kappa shape index (κ2) is 8.35. The molecule has 2 aromatic rings. The molecule has 2 aromatic carbocycles. The summed E-state index contributed by atoms with van der Waals surface area (Å²) < 4.78 is 24.6. The smallest absolute Gasteiger partial charge is 0.313 e. The number of rotatable bonds is 5. The summed E-state index contributed by atoms with van der Waals surface area (Å²) in [6, 6.07) is 13.7. The zero-order chi connectivity index (χ0) is 17.5. The predicted molar refractivity (Wildman–Crippen MR) is 91.3 cm³/mol. The van der Waals surface area contributed by atoms with Gasteiger partial charge in [-0.2, -0.15) is 0 Å². The predicted octanol–water partition coefficient (Wildman–Crippen LogP) is 2.00. The van der Waals surface area contributed by atoms with Gasteiger partial charge >= 0.3 is 11.8 Å². The number of halogens is 1. The van der Waals surface area contributed by atoms with Crippen molar-refractivity contribution in [1.29, 1.82) is 0 Å². The van der Waals surface area contributed by atoms with Gasteiger partial charge < -0.3 is 10.6 Å². The Kier molecular flexibility index (Phi) is 6.20. The fourth-order valence-electron chi connectivity index (χ4n) is 2.12. The molecule has 0 unspecified atom stereocenters. The van der Waals surface area contributed by atoms with E-state index in [1.807, 2.05) is 6.07 Å². The van der Waals surface area contributed by atoms with Gasteiger partial charge in [0.25, 0.3) is 0 Å². The van der Waals surface area contributed by atoms with E-state index in [0.29, 0.717) is 0 Å². The number of amides is 2. The molecule has 0 bridgehead atoms. The fourth-order valence-corrected chi connectivity index (χ4v) is 2.86. The lowest BCUT2D eigenvalue weighted by Crippen LogP contribution is -2.39. The molecule has 126 valence electrons. The summed E-state index contributed by atoms with van der Waals surface area (Å²) in [6.07, 6.45) is 1.52. The van der Waals surface area contributed by atoms with Crippen LogP contribution in [0.4, 0.5) is 10.1 Å². The van der Waals surface area contributed by atoms with Crippen molar-refractivity contribution in [1.82, 2.24) is 5.32 Å². The van der Waals surface area contributed by atoms with Gasteiger partial charge in [0.15, 0.2) is 0 Å². The van der Waals surface area contributed by atoms with Crippen molar-refractivity contribution in [2.45, 2.75) is 6.04 Å². The fraction of sp³-hybridized carbons (Fsp3) is 0.176. The molecule has 2 rings (SSSR count). The molecule has 0 radical (unpaired) electrons. The van der Waals surface area contributed by atoms with Crippen molar-refractivity contribution < 1.29 is 18.2 Å². The van der Waals surface area contributed by atoms with Crippen molar-refractivity contribution in [2.75, 3.05) is 17.3 Å². The number of hydrogen-bond acceptors (Lipinski definition) is 3. The van der Waals surface area contributed by atoms with E-state index in [4.69, 9.17) is 0 Å². The van der Waals surface area contributed by atoms with Crippen LogP contribution in [0.3, 0.4) is 0 Å². The molecule has 0 saturated carbocycles. The van der Waals surface area contributed by atoms with E-state index >= 15 is 0 Å². The molecule has 0 fully saturated rings. The molecule has 0 spiro atoms. The van der Waals surface area contributed by atoms with Gasteiger partial charge in [-0.05, 0) is 23.8 Å². The molecule has 2 N–H and O–H groups in total. The van der Waals surface area contributed by atoms with E-state index in [2.05, 4.69) is 10.6 Å². The Labute approximate surface area is 141 Å². The van der Waals surface area contributed by atoms with Crippen LogP contribution in [0.25, 0.3) is 0 Å². The van der Waals surface area contributed by atoms with Crippen molar-refractivity contribution in [3.05, 3.63) is 66.0 Å². The number of carbonyl (C=O) groups is 2.